The van der Waals surface area contributed by atoms with Gasteiger partial charge in [-0.1, -0.05) is 0 Å². The smallest absolute Gasteiger partial charge is 0.306 e. The van der Waals surface area contributed by atoms with Gasteiger partial charge in [-0.15, -0.1) is 11.8 Å². The first kappa shape index (κ1) is 14.0. The molecule has 19 heavy (non-hydrogen) atoms. The molecule has 1 fully saturated rings. The third-order valence-corrected chi connectivity index (χ3v) is 4.57. The summed E-state index contributed by atoms with van der Waals surface area (Å²) in [6, 6.07) is 3.66. The van der Waals surface area contributed by atoms with Crippen LogP contribution < -0.4 is 10.5 Å². The van der Waals surface area contributed by atoms with Gasteiger partial charge in [0.05, 0.1) is 26.3 Å². The molecule has 1 aliphatic rings. The van der Waals surface area contributed by atoms with Gasteiger partial charge in [0, 0.05) is 5.75 Å². The summed E-state index contributed by atoms with van der Waals surface area (Å²) in [5, 5.41) is 0.863. The highest BCUT2D eigenvalue weighted by Gasteiger charge is 2.44. The number of nitrogens with zero attached hydrogens (tertiary/aromatic N) is 1. The molecule has 6 heteroatoms. The lowest BCUT2D eigenvalue weighted by atomic mass is 10.1. The number of esters is 1. The number of nitrogens with two attached hydrogens (primary N) is 1. The van der Waals surface area contributed by atoms with E-state index in [0.717, 1.165) is 23.6 Å². The van der Waals surface area contributed by atoms with Gasteiger partial charge < -0.3 is 15.2 Å². The van der Waals surface area contributed by atoms with Crippen LogP contribution in [0.25, 0.3) is 0 Å². The van der Waals surface area contributed by atoms with Crippen molar-refractivity contribution in [3.8, 4) is 5.88 Å². The molecule has 5 nitrogen and oxygen atoms in total. The fraction of sp³-hybridized carbons (Fsp3) is 0.538. The van der Waals surface area contributed by atoms with Crippen LogP contribution in [-0.4, -0.2) is 30.9 Å². The largest absolute Gasteiger partial charge is 0.480 e. The average Bonchev–Trinajstić information content (AvgIpc) is 3.17. The van der Waals surface area contributed by atoms with E-state index in [9.17, 15) is 4.79 Å². The van der Waals surface area contributed by atoms with Crippen LogP contribution in [0.15, 0.2) is 17.2 Å². The van der Waals surface area contributed by atoms with Crippen molar-refractivity contribution < 1.29 is 14.3 Å². The molecular formula is C13H18N2O3S. The Morgan fingerprint density at radius 2 is 2.21 bits per heavy atom. The summed E-state index contributed by atoms with van der Waals surface area (Å²) >= 11 is 1.63. The van der Waals surface area contributed by atoms with Crippen molar-refractivity contribution in [2.75, 3.05) is 25.7 Å². The number of carbonyl (C=O) groups is 1. The Kier molecular flexibility index (Phi) is 4.19. The first-order valence-corrected chi connectivity index (χ1v) is 7.07. The number of pyridine rings is 1. The third-order valence-electron chi connectivity index (χ3n) is 3.29. The lowest BCUT2D eigenvalue weighted by Crippen LogP contribution is -2.13. The second-order valence-electron chi connectivity index (χ2n) is 4.79. The molecule has 1 aromatic rings. The molecule has 1 heterocycles. The normalized spacial score (nSPS) is 15.9. The number of rotatable bonds is 6. The van der Waals surface area contributed by atoms with Crippen LogP contribution in [0.3, 0.4) is 0 Å². The Hall–Kier alpha value is -1.43. The standard InChI is InChI=1S/C13H18N2O3S/c1-17-11(16)7-13(5-6-13)8-19-10-4-3-9(14)12(15-10)18-2/h3-4H,5-8,14H2,1-2H3. The Labute approximate surface area is 116 Å². The molecule has 1 aromatic heterocycles. The molecule has 0 aliphatic heterocycles. The second kappa shape index (κ2) is 5.69. The fourth-order valence-corrected chi connectivity index (χ4v) is 2.99. The second-order valence-corrected chi connectivity index (χ2v) is 5.79. The van der Waals surface area contributed by atoms with Crippen LogP contribution in [0.1, 0.15) is 19.3 Å². The van der Waals surface area contributed by atoms with Gasteiger partial charge in [-0.25, -0.2) is 4.98 Å². The van der Waals surface area contributed by atoms with Crippen LogP contribution in [-0.2, 0) is 9.53 Å². The summed E-state index contributed by atoms with van der Waals surface area (Å²) in [6.45, 7) is 0. The lowest BCUT2D eigenvalue weighted by Gasteiger charge is -2.13. The van der Waals surface area contributed by atoms with Crippen molar-refractivity contribution in [2.24, 2.45) is 5.41 Å². The highest BCUT2D eigenvalue weighted by atomic mass is 32.2. The summed E-state index contributed by atoms with van der Waals surface area (Å²) in [7, 11) is 2.98. The van der Waals surface area contributed by atoms with E-state index in [1.165, 1.54) is 7.11 Å². The highest BCUT2D eigenvalue weighted by Crippen LogP contribution is 2.52. The molecule has 0 unspecified atom stereocenters. The van der Waals surface area contributed by atoms with Gasteiger partial charge in [0.25, 0.3) is 0 Å². The van der Waals surface area contributed by atoms with E-state index in [-0.39, 0.29) is 11.4 Å². The maximum Gasteiger partial charge on any atom is 0.306 e. The summed E-state index contributed by atoms with van der Waals surface area (Å²) in [6.07, 6.45) is 2.63. The quantitative estimate of drug-likeness (QED) is 0.636. The number of methoxy groups -OCH3 is 2. The number of aromatic nitrogens is 1. The number of anilines is 1. The van der Waals surface area contributed by atoms with E-state index >= 15 is 0 Å². The molecule has 2 rings (SSSR count). The molecule has 0 spiro atoms. The lowest BCUT2D eigenvalue weighted by molar-refractivity contribution is -0.141. The zero-order valence-corrected chi connectivity index (χ0v) is 12.0. The molecule has 104 valence electrons. The Balaban J connectivity index is 1.94. The average molecular weight is 282 g/mol. The number of hydrogen-bond donors (Lipinski definition) is 1. The van der Waals surface area contributed by atoms with Gasteiger partial charge in [-0.2, -0.15) is 0 Å². The van der Waals surface area contributed by atoms with Crippen molar-refractivity contribution >= 4 is 23.4 Å². The molecule has 1 saturated carbocycles. The molecule has 0 saturated heterocycles. The van der Waals surface area contributed by atoms with Crippen molar-refractivity contribution in [1.82, 2.24) is 4.98 Å². The molecular weight excluding hydrogens is 264 g/mol. The number of ether oxygens (including phenoxy) is 2. The first-order chi connectivity index (χ1) is 9.08. The minimum Gasteiger partial charge on any atom is -0.480 e. The number of nitrogen functional groups attached to an aromatic ring is 1. The van der Waals surface area contributed by atoms with Crippen molar-refractivity contribution in [2.45, 2.75) is 24.3 Å². The SMILES string of the molecule is COC(=O)CC1(CSc2ccc(N)c(OC)n2)CC1. The van der Waals surface area contributed by atoms with Gasteiger partial charge in [-0.05, 0) is 30.4 Å². The van der Waals surface area contributed by atoms with E-state index < -0.39 is 0 Å². The van der Waals surface area contributed by atoms with Gasteiger partial charge in [0.2, 0.25) is 5.88 Å². The van der Waals surface area contributed by atoms with Crippen LogP contribution in [0, 0.1) is 5.41 Å². The summed E-state index contributed by atoms with van der Waals surface area (Å²) in [5.41, 5.74) is 6.34. The molecule has 0 aromatic carbocycles. The molecule has 0 atom stereocenters. The minimum atomic E-state index is -0.138. The predicted molar refractivity (Wildman–Crippen MR) is 74.2 cm³/mol. The van der Waals surface area contributed by atoms with Crippen LogP contribution >= 0.6 is 11.8 Å². The topological polar surface area (TPSA) is 74.4 Å². The summed E-state index contributed by atoms with van der Waals surface area (Å²) in [4.78, 5) is 15.7. The summed E-state index contributed by atoms with van der Waals surface area (Å²) < 4.78 is 9.82. The van der Waals surface area contributed by atoms with E-state index in [4.69, 9.17) is 15.2 Å². The first-order valence-electron chi connectivity index (χ1n) is 6.09. The van der Waals surface area contributed by atoms with E-state index in [1.54, 1.807) is 24.9 Å². The minimum absolute atomic E-state index is 0.0913. The Bertz CT molecular complexity index is 475. The zero-order chi connectivity index (χ0) is 13.9. The summed E-state index contributed by atoms with van der Waals surface area (Å²) in [5.74, 6) is 1.17. The van der Waals surface area contributed by atoms with Crippen LogP contribution in [0.2, 0.25) is 0 Å². The fourth-order valence-electron chi connectivity index (χ4n) is 1.83. The number of hydrogen-bond acceptors (Lipinski definition) is 6. The number of thioether (sulfide) groups is 1. The highest BCUT2D eigenvalue weighted by molar-refractivity contribution is 7.99. The van der Waals surface area contributed by atoms with Gasteiger partial charge in [-0.3, -0.25) is 4.79 Å². The molecule has 0 bridgehead atoms. The monoisotopic (exact) mass is 282 g/mol. The van der Waals surface area contributed by atoms with E-state index in [0.29, 0.717) is 18.0 Å². The maximum absolute atomic E-state index is 11.3. The molecule has 1 aliphatic carbocycles. The van der Waals surface area contributed by atoms with E-state index in [1.807, 2.05) is 6.07 Å². The van der Waals surface area contributed by atoms with Gasteiger partial charge in [0.1, 0.15) is 5.03 Å². The Morgan fingerprint density at radius 1 is 1.47 bits per heavy atom. The van der Waals surface area contributed by atoms with Crippen molar-refractivity contribution in [3.63, 3.8) is 0 Å². The zero-order valence-electron chi connectivity index (χ0n) is 11.1. The van der Waals surface area contributed by atoms with Gasteiger partial charge in [0.15, 0.2) is 0 Å². The van der Waals surface area contributed by atoms with Crippen molar-refractivity contribution in [1.29, 1.82) is 0 Å². The van der Waals surface area contributed by atoms with Crippen LogP contribution in [0.5, 0.6) is 5.88 Å². The van der Waals surface area contributed by atoms with Crippen LogP contribution in [0.4, 0.5) is 5.69 Å². The van der Waals surface area contributed by atoms with Gasteiger partial charge >= 0.3 is 5.97 Å². The van der Waals surface area contributed by atoms with E-state index in [2.05, 4.69) is 4.98 Å². The predicted octanol–water partition coefficient (Wildman–Crippen LogP) is 2.11. The molecule has 0 amide bonds. The molecule has 2 N–H and O–H groups in total. The van der Waals surface area contributed by atoms with Crippen molar-refractivity contribution in [3.05, 3.63) is 12.1 Å². The molecule has 0 radical (unpaired) electrons. The number of carbonyl (C=O) groups excluding carboxylic acids is 1. The third kappa shape index (κ3) is 3.53. The Morgan fingerprint density at radius 3 is 2.79 bits per heavy atom. The maximum atomic E-state index is 11.3.